The molecule has 7 heteroatoms. The lowest BCUT2D eigenvalue weighted by Gasteiger charge is -2.10. The molecule has 1 amide bonds. The molecule has 2 saturated carbocycles. The van der Waals surface area contributed by atoms with Crippen molar-refractivity contribution in [2.45, 2.75) is 44.1 Å². The molecular weight excluding hydrogens is 248 g/mol. The maximum atomic E-state index is 11.9. The number of rotatable bonds is 4. The Bertz CT molecular complexity index is 509. The highest BCUT2D eigenvalue weighted by Gasteiger charge is 2.32. The third-order valence-corrected chi connectivity index (χ3v) is 3.79. The highest BCUT2D eigenvalue weighted by molar-refractivity contribution is 5.90. The molecule has 7 nitrogen and oxygen atoms in total. The molecule has 0 aromatic carbocycles. The van der Waals surface area contributed by atoms with Crippen molar-refractivity contribution in [1.29, 1.82) is 0 Å². The molecule has 2 unspecified atom stereocenters. The number of aromatic nitrogens is 3. The highest BCUT2D eigenvalue weighted by atomic mass is 16.4. The van der Waals surface area contributed by atoms with Crippen molar-refractivity contribution in [3.05, 3.63) is 11.6 Å². The zero-order chi connectivity index (χ0) is 13.4. The molecule has 2 atom stereocenters. The molecule has 0 saturated heterocycles. The lowest BCUT2D eigenvalue weighted by molar-refractivity contribution is -0.141. The summed E-state index contributed by atoms with van der Waals surface area (Å²) in [5.74, 6) is -0.0955. The summed E-state index contributed by atoms with van der Waals surface area (Å²) in [6.07, 6.45) is 3.99. The summed E-state index contributed by atoms with van der Waals surface area (Å²) in [4.78, 5) is 26.9. The van der Waals surface area contributed by atoms with E-state index in [1.54, 1.807) is 0 Å². The Hall–Kier alpha value is -1.92. The second kappa shape index (κ2) is 4.64. The van der Waals surface area contributed by atoms with Crippen LogP contribution in [-0.4, -0.2) is 38.2 Å². The van der Waals surface area contributed by atoms with E-state index in [1.165, 1.54) is 0 Å². The van der Waals surface area contributed by atoms with Crippen molar-refractivity contribution in [3.8, 4) is 0 Å². The molecule has 1 heterocycles. The smallest absolute Gasteiger partial charge is 0.306 e. The molecule has 0 spiro atoms. The summed E-state index contributed by atoms with van der Waals surface area (Å²) in [5, 5.41) is 18.4. The van der Waals surface area contributed by atoms with Gasteiger partial charge >= 0.3 is 5.97 Å². The summed E-state index contributed by atoms with van der Waals surface area (Å²) in [6, 6.07) is -0.0866. The Balaban J connectivity index is 1.57. The Morgan fingerprint density at radius 1 is 1.26 bits per heavy atom. The quantitative estimate of drug-likeness (QED) is 0.740. The van der Waals surface area contributed by atoms with Gasteiger partial charge in [-0.25, -0.2) is 4.98 Å². The first-order chi connectivity index (χ1) is 9.13. The molecule has 19 heavy (non-hydrogen) atoms. The normalized spacial score (nSPS) is 26.3. The Labute approximate surface area is 109 Å². The van der Waals surface area contributed by atoms with E-state index in [2.05, 4.69) is 20.5 Å². The number of nitrogens with zero attached hydrogens (tertiary/aromatic N) is 2. The van der Waals surface area contributed by atoms with Gasteiger partial charge in [-0.2, -0.15) is 0 Å². The predicted octanol–water partition coefficient (Wildman–Crippen LogP) is 0.665. The predicted molar refractivity (Wildman–Crippen MR) is 64.6 cm³/mol. The summed E-state index contributed by atoms with van der Waals surface area (Å²) in [6.45, 7) is 0. The average Bonchev–Trinajstić information content (AvgIpc) is 2.92. The van der Waals surface area contributed by atoms with Crippen LogP contribution >= 0.6 is 0 Å². The van der Waals surface area contributed by atoms with Gasteiger partial charge in [-0.15, -0.1) is 5.10 Å². The molecule has 3 rings (SSSR count). The van der Waals surface area contributed by atoms with Gasteiger partial charge in [-0.3, -0.25) is 14.7 Å². The van der Waals surface area contributed by atoms with Gasteiger partial charge in [-0.05, 0) is 32.1 Å². The molecule has 3 N–H and O–H groups in total. The van der Waals surface area contributed by atoms with Crippen molar-refractivity contribution >= 4 is 11.9 Å². The topological polar surface area (TPSA) is 108 Å². The lowest BCUT2D eigenvalue weighted by Crippen LogP contribution is -2.34. The third kappa shape index (κ3) is 2.59. The van der Waals surface area contributed by atoms with E-state index in [1.807, 2.05) is 0 Å². The van der Waals surface area contributed by atoms with Crippen LogP contribution in [0, 0.1) is 5.92 Å². The molecule has 2 aliphatic carbocycles. The lowest BCUT2D eigenvalue weighted by atomic mass is 10.1. The number of carbonyl (C=O) groups is 2. The van der Waals surface area contributed by atoms with Crippen LogP contribution in [0.3, 0.4) is 0 Å². The monoisotopic (exact) mass is 264 g/mol. The number of H-pyrrole nitrogens is 1. The number of nitrogens with one attached hydrogen (secondary N) is 2. The number of carbonyl (C=O) groups excluding carboxylic acids is 1. The molecule has 0 aliphatic heterocycles. The van der Waals surface area contributed by atoms with Gasteiger partial charge in [0.1, 0.15) is 5.82 Å². The first-order valence-corrected chi connectivity index (χ1v) is 6.59. The number of carboxylic acids is 1. The van der Waals surface area contributed by atoms with Gasteiger partial charge in [0.2, 0.25) is 5.82 Å². The summed E-state index contributed by atoms with van der Waals surface area (Å²) >= 11 is 0. The van der Waals surface area contributed by atoms with Gasteiger partial charge in [0.25, 0.3) is 5.91 Å². The van der Waals surface area contributed by atoms with Crippen molar-refractivity contribution in [2.75, 3.05) is 0 Å². The van der Waals surface area contributed by atoms with E-state index >= 15 is 0 Å². The second-order valence-corrected chi connectivity index (χ2v) is 5.34. The molecule has 1 aromatic heterocycles. The van der Waals surface area contributed by atoms with Crippen molar-refractivity contribution < 1.29 is 14.7 Å². The number of aliphatic carboxylic acids is 1. The fourth-order valence-electron chi connectivity index (χ4n) is 2.50. The molecule has 2 fully saturated rings. The van der Waals surface area contributed by atoms with Crippen molar-refractivity contribution in [1.82, 2.24) is 20.5 Å². The van der Waals surface area contributed by atoms with Crippen LogP contribution in [-0.2, 0) is 4.79 Å². The van der Waals surface area contributed by atoms with Gasteiger partial charge in [0.15, 0.2) is 0 Å². The zero-order valence-electron chi connectivity index (χ0n) is 10.4. The van der Waals surface area contributed by atoms with Crippen LogP contribution in [0.25, 0.3) is 0 Å². The maximum Gasteiger partial charge on any atom is 0.306 e. The average molecular weight is 264 g/mol. The largest absolute Gasteiger partial charge is 0.481 e. The van der Waals surface area contributed by atoms with Crippen LogP contribution in [0.15, 0.2) is 0 Å². The van der Waals surface area contributed by atoms with Crippen LogP contribution in [0.2, 0.25) is 0 Å². The van der Waals surface area contributed by atoms with Crippen molar-refractivity contribution in [2.24, 2.45) is 5.92 Å². The first-order valence-electron chi connectivity index (χ1n) is 6.59. The number of hydrogen-bond acceptors (Lipinski definition) is 4. The number of carboxylic acid groups (broad SMARTS) is 1. The number of aromatic amines is 1. The minimum absolute atomic E-state index is 0.0866. The van der Waals surface area contributed by atoms with E-state index in [9.17, 15) is 9.59 Å². The first kappa shape index (κ1) is 12.1. The zero-order valence-corrected chi connectivity index (χ0v) is 10.4. The fraction of sp³-hybridized carbons (Fsp3) is 0.667. The number of hydrogen-bond donors (Lipinski definition) is 3. The van der Waals surface area contributed by atoms with Gasteiger partial charge in [-0.1, -0.05) is 0 Å². The van der Waals surface area contributed by atoms with Gasteiger partial charge < -0.3 is 10.4 Å². The van der Waals surface area contributed by atoms with E-state index in [-0.39, 0.29) is 23.7 Å². The minimum Gasteiger partial charge on any atom is -0.481 e. The molecule has 0 radical (unpaired) electrons. The molecule has 1 aromatic rings. The fourth-order valence-corrected chi connectivity index (χ4v) is 2.50. The summed E-state index contributed by atoms with van der Waals surface area (Å²) in [7, 11) is 0. The van der Waals surface area contributed by atoms with Crippen molar-refractivity contribution in [3.63, 3.8) is 0 Å². The van der Waals surface area contributed by atoms with E-state index in [0.717, 1.165) is 18.7 Å². The Morgan fingerprint density at radius 2 is 2.05 bits per heavy atom. The van der Waals surface area contributed by atoms with Crippen LogP contribution < -0.4 is 5.32 Å². The Morgan fingerprint density at radius 3 is 2.68 bits per heavy atom. The third-order valence-electron chi connectivity index (χ3n) is 3.79. The van der Waals surface area contributed by atoms with Crippen LogP contribution in [0.4, 0.5) is 0 Å². The highest BCUT2D eigenvalue weighted by Crippen LogP contribution is 2.37. The molecular formula is C12H16N4O3. The summed E-state index contributed by atoms with van der Waals surface area (Å²) < 4.78 is 0. The molecule has 102 valence electrons. The summed E-state index contributed by atoms with van der Waals surface area (Å²) in [5.41, 5.74) is 0. The van der Waals surface area contributed by atoms with E-state index in [4.69, 9.17) is 5.11 Å². The van der Waals surface area contributed by atoms with Crippen LogP contribution in [0.1, 0.15) is 54.5 Å². The second-order valence-electron chi connectivity index (χ2n) is 5.34. The van der Waals surface area contributed by atoms with E-state index in [0.29, 0.717) is 25.2 Å². The molecule has 0 bridgehead atoms. The molecule has 2 aliphatic rings. The standard InChI is InChI=1S/C12H16N4O3/c17-11(10-14-9(15-16-10)6-1-2-6)13-8-4-3-7(5-8)12(18)19/h6-8H,1-5H2,(H,13,17)(H,18,19)(H,14,15,16). The number of amides is 1. The van der Waals surface area contributed by atoms with E-state index < -0.39 is 5.97 Å². The maximum absolute atomic E-state index is 11.9. The van der Waals surface area contributed by atoms with Gasteiger partial charge in [0.05, 0.1) is 5.92 Å². The Kier molecular flexibility index (Phi) is 2.96. The van der Waals surface area contributed by atoms with Crippen LogP contribution in [0.5, 0.6) is 0 Å². The SMILES string of the molecule is O=C(NC1CCC(C(=O)O)C1)c1n[nH]c(C2CC2)n1. The van der Waals surface area contributed by atoms with Gasteiger partial charge in [0, 0.05) is 12.0 Å². The minimum atomic E-state index is -0.786.